The molecule has 144 valence electrons. The summed E-state index contributed by atoms with van der Waals surface area (Å²) >= 11 is 1.37. The normalized spacial score (nSPS) is 11.9. The molecule has 3 aromatic rings. The van der Waals surface area contributed by atoms with E-state index in [1.54, 1.807) is 36.1 Å². The van der Waals surface area contributed by atoms with Crippen LogP contribution >= 0.6 is 11.3 Å². The predicted molar refractivity (Wildman–Crippen MR) is 107 cm³/mol. The molecule has 2 aromatic carbocycles. The average Bonchev–Trinajstić information content (AvgIpc) is 3.10. The maximum atomic E-state index is 11.5. The van der Waals surface area contributed by atoms with Crippen LogP contribution in [0.5, 0.6) is 17.2 Å². The van der Waals surface area contributed by atoms with Crippen LogP contribution in [0.15, 0.2) is 51.9 Å². The Morgan fingerprint density at radius 2 is 1.96 bits per heavy atom. The van der Waals surface area contributed by atoms with Gasteiger partial charge >= 0.3 is 0 Å². The molecule has 0 spiro atoms. The van der Waals surface area contributed by atoms with Crippen LogP contribution in [-0.2, 0) is 0 Å². The minimum absolute atomic E-state index is 0.0255. The summed E-state index contributed by atoms with van der Waals surface area (Å²) in [5.74, 6) is -0.528. The number of benzene rings is 2. The third-order valence-corrected chi connectivity index (χ3v) is 4.87. The topological polar surface area (TPSA) is 122 Å². The lowest BCUT2D eigenvalue weighted by atomic mass is 10.1. The minimum Gasteiger partial charge on any atom is -0.507 e. The molecule has 9 heteroatoms. The number of primary amides is 1. The fourth-order valence-corrected chi connectivity index (χ4v) is 3.36. The molecule has 0 unspecified atom stereocenters. The zero-order valence-electron chi connectivity index (χ0n) is 15.2. The Hall–Kier alpha value is -3.59. The van der Waals surface area contributed by atoms with Crippen molar-refractivity contribution in [2.75, 3.05) is 14.2 Å². The Labute approximate surface area is 164 Å². The highest BCUT2D eigenvalue weighted by molar-refractivity contribution is 7.07. The maximum absolute atomic E-state index is 11.5. The highest BCUT2D eigenvalue weighted by atomic mass is 32.1. The van der Waals surface area contributed by atoms with Crippen LogP contribution in [0.25, 0.3) is 11.3 Å². The van der Waals surface area contributed by atoms with Gasteiger partial charge in [0.05, 0.1) is 24.6 Å². The van der Waals surface area contributed by atoms with Crippen molar-refractivity contribution in [3.05, 3.63) is 57.7 Å². The van der Waals surface area contributed by atoms with Gasteiger partial charge in [-0.3, -0.25) is 9.79 Å². The van der Waals surface area contributed by atoms with Gasteiger partial charge in [-0.15, -0.1) is 11.3 Å². The van der Waals surface area contributed by atoms with Crippen LogP contribution < -0.4 is 15.3 Å². The minimum atomic E-state index is -0.721. The lowest BCUT2D eigenvalue weighted by Gasteiger charge is -2.07. The number of methoxy groups -OCH3 is 1. The molecule has 4 N–H and O–H groups in total. The van der Waals surface area contributed by atoms with Gasteiger partial charge in [0.15, 0.2) is 11.5 Å². The number of amides is 1. The Bertz CT molecular complexity index is 1130. The zero-order chi connectivity index (χ0) is 20.3. The first kappa shape index (κ1) is 19.2. The van der Waals surface area contributed by atoms with Gasteiger partial charge < -0.3 is 20.7 Å². The van der Waals surface area contributed by atoms with Crippen molar-refractivity contribution in [3.63, 3.8) is 0 Å². The quantitative estimate of drug-likeness (QED) is 0.570. The van der Waals surface area contributed by atoms with Gasteiger partial charge in [0.25, 0.3) is 5.91 Å². The van der Waals surface area contributed by atoms with E-state index in [1.807, 2.05) is 5.38 Å². The summed E-state index contributed by atoms with van der Waals surface area (Å²) in [7, 11) is 3.12. The first-order valence-corrected chi connectivity index (χ1v) is 9.00. The molecule has 0 aliphatic carbocycles. The molecule has 1 heterocycles. The maximum Gasteiger partial charge on any atom is 0.252 e. The summed E-state index contributed by atoms with van der Waals surface area (Å²) in [6.45, 7) is 0. The summed E-state index contributed by atoms with van der Waals surface area (Å²) in [5, 5.41) is 25.8. The zero-order valence-corrected chi connectivity index (χ0v) is 16.0. The SMILES string of the molecule is CN=c1scc(-c2ccc(O)c(C(N)=O)c2)n1N=Cc1ccc(O)c(OC)c1. The van der Waals surface area contributed by atoms with E-state index in [1.165, 1.54) is 36.6 Å². The molecule has 0 atom stereocenters. The van der Waals surface area contributed by atoms with Gasteiger partial charge in [-0.1, -0.05) is 0 Å². The second-order valence-electron chi connectivity index (χ2n) is 5.71. The van der Waals surface area contributed by atoms with Gasteiger partial charge in [-0.25, -0.2) is 4.68 Å². The van der Waals surface area contributed by atoms with Crippen LogP contribution in [0.4, 0.5) is 0 Å². The molecule has 8 nitrogen and oxygen atoms in total. The van der Waals surface area contributed by atoms with Crippen molar-refractivity contribution in [2.24, 2.45) is 15.8 Å². The third-order valence-electron chi connectivity index (χ3n) is 3.96. The average molecular weight is 398 g/mol. The molecule has 0 radical (unpaired) electrons. The smallest absolute Gasteiger partial charge is 0.252 e. The molecule has 3 rings (SSSR count). The highest BCUT2D eigenvalue weighted by Gasteiger charge is 2.13. The van der Waals surface area contributed by atoms with Crippen molar-refractivity contribution in [1.29, 1.82) is 0 Å². The number of aromatic hydroxyl groups is 2. The Balaban J connectivity index is 2.07. The van der Waals surface area contributed by atoms with Crippen molar-refractivity contribution in [2.45, 2.75) is 0 Å². The van der Waals surface area contributed by atoms with E-state index in [-0.39, 0.29) is 17.1 Å². The van der Waals surface area contributed by atoms with Gasteiger partial charge in [0, 0.05) is 18.0 Å². The Morgan fingerprint density at radius 1 is 1.21 bits per heavy atom. The number of nitrogens with zero attached hydrogens (tertiary/aromatic N) is 3. The lowest BCUT2D eigenvalue weighted by molar-refractivity contribution is 0.0998. The number of phenols is 2. The molecule has 0 saturated heterocycles. The Morgan fingerprint density at radius 3 is 2.64 bits per heavy atom. The molecular formula is C19H18N4O4S. The largest absolute Gasteiger partial charge is 0.507 e. The fraction of sp³-hybridized carbons (Fsp3) is 0.105. The van der Waals surface area contributed by atoms with Gasteiger partial charge in [-0.2, -0.15) is 5.10 Å². The number of carbonyl (C=O) groups is 1. The van der Waals surface area contributed by atoms with Crippen LogP contribution in [0, 0.1) is 0 Å². The molecule has 28 heavy (non-hydrogen) atoms. The van der Waals surface area contributed by atoms with Crippen molar-refractivity contribution >= 4 is 23.5 Å². The van der Waals surface area contributed by atoms with E-state index in [2.05, 4.69) is 10.1 Å². The van der Waals surface area contributed by atoms with E-state index in [0.717, 1.165) is 0 Å². The summed E-state index contributed by atoms with van der Waals surface area (Å²) in [6.07, 6.45) is 1.60. The highest BCUT2D eigenvalue weighted by Crippen LogP contribution is 2.27. The van der Waals surface area contributed by atoms with Crippen LogP contribution in [-0.4, -0.2) is 41.2 Å². The van der Waals surface area contributed by atoms with Gasteiger partial charge in [0.1, 0.15) is 5.75 Å². The fourth-order valence-electron chi connectivity index (χ4n) is 2.55. The lowest BCUT2D eigenvalue weighted by Crippen LogP contribution is -2.13. The second kappa shape index (κ2) is 7.97. The number of hydrogen-bond acceptors (Lipinski definition) is 7. The van der Waals surface area contributed by atoms with Gasteiger partial charge in [0.2, 0.25) is 4.80 Å². The van der Waals surface area contributed by atoms with Crippen LogP contribution in [0.1, 0.15) is 15.9 Å². The molecule has 0 aliphatic rings. The summed E-state index contributed by atoms with van der Waals surface area (Å²) in [5.41, 5.74) is 7.39. The Kier molecular flexibility index (Phi) is 5.46. The predicted octanol–water partition coefficient (Wildman–Crippen LogP) is 2.15. The van der Waals surface area contributed by atoms with Crippen LogP contribution in [0.3, 0.4) is 0 Å². The summed E-state index contributed by atoms with van der Waals surface area (Å²) < 4.78 is 6.72. The molecular weight excluding hydrogens is 380 g/mol. The molecule has 1 aromatic heterocycles. The number of rotatable bonds is 5. The first-order chi connectivity index (χ1) is 13.4. The number of nitrogens with two attached hydrogens (primary N) is 1. The molecule has 0 bridgehead atoms. The molecule has 0 fully saturated rings. The standard InChI is InChI=1S/C19H18N4O4S/c1-21-19-23(22-9-11-3-5-16(25)17(7-11)27-2)14(10-28-19)12-4-6-15(24)13(8-12)18(20)26/h3-10,24-25H,1-2H3,(H2,20,26). The van der Waals surface area contributed by atoms with Crippen molar-refractivity contribution in [1.82, 2.24) is 4.68 Å². The second-order valence-corrected chi connectivity index (χ2v) is 6.55. The van der Waals surface area contributed by atoms with Crippen molar-refractivity contribution < 1.29 is 19.7 Å². The van der Waals surface area contributed by atoms with E-state index in [0.29, 0.717) is 27.4 Å². The number of carbonyl (C=O) groups excluding carboxylic acids is 1. The summed E-state index contributed by atoms with van der Waals surface area (Å²) in [6, 6.07) is 9.45. The van der Waals surface area contributed by atoms with E-state index in [4.69, 9.17) is 10.5 Å². The van der Waals surface area contributed by atoms with E-state index < -0.39 is 5.91 Å². The number of phenolic OH excluding ortho intramolecular Hbond substituents is 1. The van der Waals surface area contributed by atoms with E-state index >= 15 is 0 Å². The molecule has 0 saturated carbocycles. The number of hydrogen-bond donors (Lipinski definition) is 3. The first-order valence-electron chi connectivity index (χ1n) is 8.12. The third kappa shape index (κ3) is 3.74. The number of aromatic nitrogens is 1. The van der Waals surface area contributed by atoms with Crippen molar-refractivity contribution in [3.8, 4) is 28.5 Å². The number of thiazole rings is 1. The molecule has 0 aliphatic heterocycles. The van der Waals surface area contributed by atoms with Crippen LogP contribution in [0.2, 0.25) is 0 Å². The number of ether oxygens (including phenoxy) is 1. The van der Waals surface area contributed by atoms with Gasteiger partial charge in [-0.05, 0) is 42.0 Å². The summed E-state index contributed by atoms with van der Waals surface area (Å²) in [4.78, 5) is 16.4. The monoisotopic (exact) mass is 398 g/mol. The van der Waals surface area contributed by atoms with E-state index in [9.17, 15) is 15.0 Å². The molecule has 1 amide bonds.